The van der Waals surface area contributed by atoms with Crippen LogP contribution >= 0.6 is 34.2 Å². The molecule has 0 unspecified atom stereocenters. The van der Waals surface area contributed by atoms with Gasteiger partial charge in [-0.2, -0.15) is 0 Å². The number of halogens is 2. The number of aromatic nitrogens is 2. The molecule has 5 heteroatoms. The molecule has 1 heterocycles. The van der Waals surface area contributed by atoms with Gasteiger partial charge in [-0.25, -0.2) is 9.97 Å². The molecule has 1 fully saturated rings. The molecule has 16 heavy (non-hydrogen) atoms. The third-order valence-corrected chi connectivity index (χ3v) is 4.31. The average molecular weight is 352 g/mol. The van der Waals surface area contributed by atoms with E-state index in [2.05, 4.69) is 37.9 Å². The van der Waals surface area contributed by atoms with Gasteiger partial charge < -0.3 is 5.32 Å². The molecule has 0 aliphatic heterocycles. The van der Waals surface area contributed by atoms with Crippen LogP contribution in [0, 0.1) is 8.99 Å². The molecule has 1 N–H and O–H groups in total. The lowest BCUT2D eigenvalue weighted by atomic mass is 9.89. The maximum atomic E-state index is 6.07. The molecule has 1 aliphatic carbocycles. The Bertz CT molecular complexity index is 336. The molecule has 0 radical (unpaired) electrons. The van der Waals surface area contributed by atoms with E-state index in [0.717, 1.165) is 16.0 Å². The van der Waals surface area contributed by atoms with E-state index in [9.17, 15) is 0 Å². The second-order valence-corrected chi connectivity index (χ2v) is 5.93. The number of hydrogen-bond acceptors (Lipinski definition) is 3. The van der Waals surface area contributed by atoms with E-state index in [0.29, 0.717) is 5.95 Å². The first-order chi connectivity index (χ1) is 7.74. The molecule has 2 rings (SSSR count). The van der Waals surface area contributed by atoms with Crippen molar-refractivity contribution in [1.82, 2.24) is 9.97 Å². The van der Waals surface area contributed by atoms with Crippen molar-refractivity contribution in [3.05, 3.63) is 16.0 Å². The zero-order valence-electron chi connectivity index (χ0n) is 9.05. The fraction of sp³-hybridized carbons (Fsp3) is 0.636. The van der Waals surface area contributed by atoms with E-state index >= 15 is 0 Å². The molecule has 1 aromatic heterocycles. The largest absolute Gasteiger partial charge is 0.354 e. The predicted octanol–water partition coefficient (Wildman–Crippen LogP) is 3.29. The first-order valence-corrected chi connectivity index (χ1v) is 7.13. The van der Waals surface area contributed by atoms with Gasteiger partial charge in [-0.1, -0.05) is 12.8 Å². The van der Waals surface area contributed by atoms with Crippen molar-refractivity contribution in [3.8, 4) is 0 Å². The van der Waals surface area contributed by atoms with Gasteiger partial charge >= 0.3 is 0 Å². The smallest absolute Gasteiger partial charge is 0.222 e. The third-order valence-electron chi connectivity index (χ3n) is 3.19. The highest BCUT2D eigenvalue weighted by Gasteiger charge is 2.32. The minimum Gasteiger partial charge on any atom is -0.354 e. The fourth-order valence-electron chi connectivity index (χ4n) is 2.15. The van der Waals surface area contributed by atoms with Crippen molar-refractivity contribution in [2.24, 2.45) is 5.41 Å². The zero-order chi connectivity index (χ0) is 11.4. The van der Waals surface area contributed by atoms with E-state index < -0.39 is 0 Å². The number of anilines is 1. The summed E-state index contributed by atoms with van der Waals surface area (Å²) in [7, 11) is 0. The molecule has 0 bridgehead atoms. The van der Waals surface area contributed by atoms with Crippen molar-refractivity contribution < 1.29 is 0 Å². The van der Waals surface area contributed by atoms with Crippen LogP contribution in [0.1, 0.15) is 25.7 Å². The summed E-state index contributed by atoms with van der Waals surface area (Å²) < 4.78 is 1.05. The first-order valence-electron chi connectivity index (χ1n) is 5.51. The average Bonchev–Trinajstić information content (AvgIpc) is 2.78. The number of alkyl halides is 1. The van der Waals surface area contributed by atoms with Gasteiger partial charge in [0.1, 0.15) is 0 Å². The highest BCUT2D eigenvalue weighted by atomic mass is 127. The summed E-state index contributed by atoms with van der Waals surface area (Å²) in [6.07, 6.45) is 8.65. The minimum atomic E-state index is 0.258. The summed E-state index contributed by atoms with van der Waals surface area (Å²) in [4.78, 5) is 8.46. The second kappa shape index (κ2) is 5.49. The normalized spacial score (nSPS) is 18.6. The second-order valence-electron chi connectivity index (χ2n) is 4.42. The summed E-state index contributed by atoms with van der Waals surface area (Å²) >= 11 is 8.27. The lowest BCUT2D eigenvalue weighted by Gasteiger charge is -2.26. The van der Waals surface area contributed by atoms with Crippen LogP contribution in [0.3, 0.4) is 0 Å². The van der Waals surface area contributed by atoms with Gasteiger partial charge in [-0.3, -0.25) is 0 Å². The molecule has 88 valence electrons. The predicted molar refractivity (Wildman–Crippen MR) is 74.9 cm³/mol. The summed E-state index contributed by atoms with van der Waals surface area (Å²) in [6.45, 7) is 0.886. The van der Waals surface area contributed by atoms with Crippen LogP contribution in [-0.4, -0.2) is 22.4 Å². The van der Waals surface area contributed by atoms with Crippen molar-refractivity contribution in [1.29, 1.82) is 0 Å². The lowest BCUT2D eigenvalue weighted by Crippen LogP contribution is -2.29. The third kappa shape index (κ3) is 2.97. The summed E-state index contributed by atoms with van der Waals surface area (Å²) in [6, 6.07) is 0. The molecule has 1 aromatic rings. The minimum absolute atomic E-state index is 0.258. The summed E-state index contributed by atoms with van der Waals surface area (Å²) in [5.74, 6) is 1.43. The van der Waals surface area contributed by atoms with Crippen LogP contribution in [0.2, 0.25) is 0 Å². The maximum Gasteiger partial charge on any atom is 0.222 e. The van der Waals surface area contributed by atoms with Crippen LogP contribution in [-0.2, 0) is 0 Å². The number of hydrogen-bond donors (Lipinski definition) is 1. The first kappa shape index (κ1) is 12.4. The Kier molecular flexibility index (Phi) is 4.24. The highest BCUT2D eigenvalue weighted by Crippen LogP contribution is 2.38. The standard InChI is InChI=1S/C11H15ClIN3/c12-7-11(3-1-2-4-11)8-16-10-14-5-9(13)6-15-10/h5-6H,1-4,7-8H2,(H,14,15,16). The van der Waals surface area contributed by atoms with Crippen molar-refractivity contribution in [2.45, 2.75) is 25.7 Å². The molecule has 1 aliphatic rings. The molecule has 0 atom stereocenters. The van der Waals surface area contributed by atoms with Crippen molar-refractivity contribution in [3.63, 3.8) is 0 Å². The van der Waals surface area contributed by atoms with Crippen molar-refractivity contribution >= 4 is 40.1 Å². The Balaban J connectivity index is 1.93. The van der Waals surface area contributed by atoms with E-state index in [4.69, 9.17) is 11.6 Å². The lowest BCUT2D eigenvalue weighted by molar-refractivity contribution is 0.367. The Morgan fingerprint density at radius 3 is 2.50 bits per heavy atom. The highest BCUT2D eigenvalue weighted by molar-refractivity contribution is 14.1. The van der Waals surface area contributed by atoms with E-state index in [1.165, 1.54) is 25.7 Å². The molecule has 0 amide bonds. The van der Waals surface area contributed by atoms with Gasteiger partial charge in [0.15, 0.2) is 0 Å². The van der Waals surface area contributed by atoms with Crippen LogP contribution < -0.4 is 5.32 Å². The van der Waals surface area contributed by atoms with Crippen molar-refractivity contribution in [2.75, 3.05) is 17.7 Å². The van der Waals surface area contributed by atoms with E-state index in [-0.39, 0.29) is 5.41 Å². The molecule has 3 nitrogen and oxygen atoms in total. The number of nitrogens with one attached hydrogen (secondary N) is 1. The zero-order valence-corrected chi connectivity index (χ0v) is 12.0. The SMILES string of the molecule is ClCC1(CNc2ncc(I)cn2)CCCC1. The molecule has 1 saturated carbocycles. The fourth-order valence-corrected chi connectivity index (χ4v) is 2.79. The molecular formula is C11H15ClIN3. The van der Waals surface area contributed by atoms with Gasteiger partial charge in [0, 0.05) is 33.8 Å². The van der Waals surface area contributed by atoms with Crippen LogP contribution in [0.15, 0.2) is 12.4 Å². The summed E-state index contributed by atoms with van der Waals surface area (Å²) in [5, 5.41) is 3.30. The molecule has 0 saturated heterocycles. The molecular weight excluding hydrogens is 336 g/mol. The Labute approximate surface area is 115 Å². The van der Waals surface area contributed by atoms with Gasteiger partial charge in [0.05, 0.1) is 0 Å². The van der Waals surface area contributed by atoms with Gasteiger partial charge in [0.2, 0.25) is 5.95 Å². The number of nitrogens with zero attached hydrogens (tertiary/aromatic N) is 2. The maximum absolute atomic E-state index is 6.07. The molecule has 0 aromatic carbocycles. The van der Waals surface area contributed by atoms with Gasteiger partial charge in [-0.05, 0) is 35.4 Å². The van der Waals surface area contributed by atoms with E-state index in [1.54, 1.807) is 0 Å². The topological polar surface area (TPSA) is 37.8 Å². The van der Waals surface area contributed by atoms with Crippen LogP contribution in [0.25, 0.3) is 0 Å². The molecule has 0 spiro atoms. The van der Waals surface area contributed by atoms with Crippen LogP contribution in [0.4, 0.5) is 5.95 Å². The quantitative estimate of drug-likeness (QED) is 0.668. The van der Waals surface area contributed by atoms with Gasteiger partial charge in [-0.15, -0.1) is 11.6 Å². The summed E-state index contributed by atoms with van der Waals surface area (Å²) in [5.41, 5.74) is 0.258. The van der Waals surface area contributed by atoms with Gasteiger partial charge in [0.25, 0.3) is 0 Å². The number of rotatable bonds is 4. The Morgan fingerprint density at radius 1 is 1.31 bits per heavy atom. The van der Waals surface area contributed by atoms with E-state index in [1.807, 2.05) is 12.4 Å². The monoisotopic (exact) mass is 351 g/mol. The Morgan fingerprint density at radius 2 is 1.94 bits per heavy atom. The van der Waals surface area contributed by atoms with Crippen LogP contribution in [0.5, 0.6) is 0 Å². The Hall–Kier alpha value is -0.100.